The highest BCUT2D eigenvalue weighted by molar-refractivity contribution is 5.84. The second-order valence-corrected chi connectivity index (χ2v) is 2.50. The predicted molar refractivity (Wildman–Crippen MR) is 43.3 cm³/mol. The van der Waals surface area contributed by atoms with Gasteiger partial charge in [-0.2, -0.15) is 5.26 Å². The standard InChI is InChI=1S/C8H6N4/c1-5-7-6(2-9)3-10-8(7)12-4-11-5/h3-4H,1H3,(H,10,11,12). The van der Waals surface area contributed by atoms with Crippen LogP contribution in [-0.4, -0.2) is 15.0 Å². The van der Waals surface area contributed by atoms with E-state index < -0.39 is 0 Å². The first-order valence-electron chi connectivity index (χ1n) is 3.51. The van der Waals surface area contributed by atoms with Crippen LogP contribution in [-0.2, 0) is 0 Å². The van der Waals surface area contributed by atoms with Gasteiger partial charge in [-0.1, -0.05) is 0 Å². The van der Waals surface area contributed by atoms with E-state index in [0.29, 0.717) is 5.56 Å². The largest absolute Gasteiger partial charge is 0.345 e. The molecule has 0 saturated heterocycles. The van der Waals surface area contributed by atoms with Crippen molar-refractivity contribution >= 4 is 11.0 Å². The number of aromatic amines is 1. The Hall–Kier alpha value is -1.89. The normalized spacial score (nSPS) is 10.0. The molecule has 0 unspecified atom stereocenters. The third-order valence-electron chi connectivity index (χ3n) is 1.78. The minimum atomic E-state index is 0.600. The van der Waals surface area contributed by atoms with Gasteiger partial charge in [0.25, 0.3) is 0 Å². The van der Waals surface area contributed by atoms with E-state index in [1.54, 1.807) is 6.20 Å². The summed E-state index contributed by atoms with van der Waals surface area (Å²) < 4.78 is 0. The summed E-state index contributed by atoms with van der Waals surface area (Å²) in [6.07, 6.45) is 3.13. The third kappa shape index (κ3) is 0.768. The van der Waals surface area contributed by atoms with Crippen molar-refractivity contribution in [2.45, 2.75) is 6.92 Å². The molecular weight excluding hydrogens is 152 g/mol. The van der Waals surface area contributed by atoms with Gasteiger partial charge in [-0.25, -0.2) is 9.97 Å². The second-order valence-electron chi connectivity index (χ2n) is 2.50. The molecule has 2 heterocycles. The minimum absolute atomic E-state index is 0.600. The maximum Gasteiger partial charge on any atom is 0.142 e. The highest BCUT2D eigenvalue weighted by Crippen LogP contribution is 2.16. The van der Waals surface area contributed by atoms with E-state index in [9.17, 15) is 0 Å². The molecule has 0 aliphatic carbocycles. The Bertz CT molecular complexity index is 463. The van der Waals surface area contributed by atoms with Crippen molar-refractivity contribution in [2.24, 2.45) is 0 Å². The molecule has 0 amide bonds. The Morgan fingerprint density at radius 1 is 1.50 bits per heavy atom. The summed E-state index contributed by atoms with van der Waals surface area (Å²) in [6, 6.07) is 2.08. The fourth-order valence-electron chi connectivity index (χ4n) is 1.21. The molecule has 0 saturated carbocycles. The lowest BCUT2D eigenvalue weighted by atomic mass is 10.2. The van der Waals surface area contributed by atoms with Crippen LogP contribution >= 0.6 is 0 Å². The average Bonchev–Trinajstić information content (AvgIpc) is 2.49. The average molecular weight is 158 g/mol. The zero-order chi connectivity index (χ0) is 8.55. The summed E-state index contributed by atoms with van der Waals surface area (Å²) in [6.45, 7) is 1.86. The van der Waals surface area contributed by atoms with Gasteiger partial charge in [0.05, 0.1) is 16.6 Å². The van der Waals surface area contributed by atoms with E-state index in [4.69, 9.17) is 5.26 Å². The van der Waals surface area contributed by atoms with Gasteiger partial charge in [0, 0.05) is 6.20 Å². The van der Waals surface area contributed by atoms with Gasteiger partial charge >= 0.3 is 0 Å². The first-order chi connectivity index (χ1) is 5.83. The molecule has 0 bridgehead atoms. The monoisotopic (exact) mass is 158 g/mol. The molecule has 58 valence electrons. The molecule has 0 fully saturated rings. The van der Waals surface area contributed by atoms with Gasteiger partial charge in [0.1, 0.15) is 18.0 Å². The molecule has 2 aromatic heterocycles. The fraction of sp³-hybridized carbons (Fsp3) is 0.125. The van der Waals surface area contributed by atoms with Crippen LogP contribution in [0.5, 0.6) is 0 Å². The molecule has 4 nitrogen and oxygen atoms in total. The Balaban J connectivity index is 2.95. The number of nitriles is 1. The Kier molecular flexibility index (Phi) is 1.31. The molecule has 12 heavy (non-hydrogen) atoms. The quantitative estimate of drug-likeness (QED) is 0.625. The van der Waals surface area contributed by atoms with E-state index in [1.165, 1.54) is 6.33 Å². The fourth-order valence-corrected chi connectivity index (χ4v) is 1.21. The molecule has 0 radical (unpaired) electrons. The first-order valence-corrected chi connectivity index (χ1v) is 3.51. The highest BCUT2D eigenvalue weighted by atomic mass is 14.9. The van der Waals surface area contributed by atoms with Gasteiger partial charge in [-0.3, -0.25) is 0 Å². The maximum absolute atomic E-state index is 8.72. The first kappa shape index (κ1) is 6.80. The zero-order valence-electron chi connectivity index (χ0n) is 6.50. The topological polar surface area (TPSA) is 65.4 Å². The zero-order valence-corrected chi connectivity index (χ0v) is 6.50. The number of hydrogen-bond acceptors (Lipinski definition) is 3. The molecule has 2 aromatic rings. The third-order valence-corrected chi connectivity index (χ3v) is 1.78. The number of nitrogens with zero attached hydrogens (tertiary/aromatic N) is 3. The van der Waals surface area contributed by atoms with Crippen molar-refractivity contribution in [3.63, 3.8) is 0 Å². The Morgan fingerprint density at radius 2 is 2.33 bits per heavy atom. The van der Waals surface area contributed by atoms with Crippen LogP contribution in [0.2, 0.25) is 0 Å². The van der Waals surface area contributed by atoms with Crippen molar-refractivity contribution in [1.82, 2.24) is 15.0 Å². The summed E-state index contributed by atoms with van der Waals surface area (Å²) in [5.41, 5.74) is 2.15. The number of nitrogens with one attached hydrogen (secondary N) is 1. The van der Waals surface area contributed by atoms with Gasteiger partial charge in [0.15, 0.2) is 0 Å². The van der Waals surface area contributed by atoms with Crippen LogP contribution in [0.25, 0.3) is 11.0 Å². The summed E-state index contributed by atoms with van der Waals surface area (Å²) in [5.74, 6) is 0. The molecule has 0 aliphatic heterocycles. The summed E-state index contributed by atoms with van der Waals surface area (Å²) in [7, 11) is 0. The van der Waals surface area contributed by atoms with E-state index in [0.717, 1.165) is 16.7 Å². The van der Waals surface area contributed by atoms with E-state index in [-0.39, 0.29) is 0 Å². The van der Waals surface area contributed by atoms with Crippen LogP contribution in [0.3, 0.4) is 0 Å². The molecule has 0 aliphatic rings. The van der Waals surface area contributed by atoms with Gasteiger partial charge in [0.2, 0.25) is 0 Å². The predicted octanol–water partition coefficient (Wildman–Crippen LogP) is 1.14. The number of rotatable bonds is 0. The smallest absolute Gasteiger partial charge is 0.142 e. The number of H-pyrrole nitrogens is 1. The molecule has 0 atom stereocenters. The van der Waals surface area contributed by atoms with Crippen molar-refractivity contribution in [2.75, 3.05) is 0 Å². The van der Waals surface area contributed by atoms with Crippen LogP contribution < -0.4 is 0 Å². The van der Waals surface area contributed by atoms with Crippen LogP contribution in [0.1, 0.15) is 11.3 Å². The highest BCUT2D eigenvalue weighted by Gasteiger charge is 2.06. The van der Waals surface area contributed by atoms with Gasteiger partial charge < -0.3 is 4.98 Å². The van der Waals surface area contributed by atoms with E-state index in [2.05, 4.69) is 21.0 Å². The lowest BCUT2D eigenvalue weighted by Crippen LogP contribution is -1.85. The number of hydrogen-bond donors (Lipinski definition) is 1. The van der Waals surface area contributed by atoms with Crippen LogP contribution in [0.4, 0.5) is 0 Å². The number of fused-ring (bicyclic) bond motifs is 1. The van der Waals surface area contributed by atoms with Gasteiger partial charge in [-0.15, -0.1) is 0 Å². The van der Waals surface area contributed by atoms with Crippen molar-refractivity contribution in [3.05, 3.63) is 23.8 Å². The van der Waals surface area contributed by atoms with Crippen LogP contribution in [0, 0.1) is 18.3 Å². The van der Waals surface area contributed by atoms with Crippen molar-refractivity contribution < 1.29 is 0 Å². The minimum Gasteiger partial charge on any atom is -0.345 e. The lowest BCUT2D eigenvalue weighted by molar-refractivity contribution is 1.14. The number of aryl methyl sites for hydroxylation is 1. The van der Waals surface area contributed by atoms with Crippen LogP contribution in [0.15, 0.2) is 12.5 Å². The SMILES string of the molecule is Cc1ncnc2[nH]cc(C#N)c12. The van der Waals surface area contributed by atoms with E-state index in [1.807, 2.05) is 6.92 Å². The molecular formula is C8H6N4. The summed E-state index contributed by atoms with van der Waals surface area (Å²) in [4.78, 5) is 10.9. The molecule has 0 spiro atoms. The summed E-state index contributed by atoms with van der Waals surface area (Å²) >= 11 is 0. The van der Waals surface area contributed by atoms with Crippen molar-refractivity contribution in [1.29, 1.82) is 5.26 Å². The lowest BCUT2D eigenvalue weighted by Gasteiger charge is -1.92. The van der Waals surface area contributed by atoms with Crippen molar-refractivity contribution in [3.8, 4) is 6.07 Å². The second kappa shape index (κ2) is 2.31. The molecule has 2 rings (SSSR count). The maximum atomic E-state index is 8.72. The Labute approximate surface area is 68.9 Å². The molecule has 4 heteroatoms. The molecule has 1 N–H and O–H groups in total. The van der Waals surface area contributed by atoms with E-state index >= 15 is 0 Å². The Morgan fingerprint density at radius 3 is 3.08 bits per heavy atom. The molecule has 0 aromatic carbocycles. The van der Waals surface area contributed by atoms with Gasteiger partial charge in [-0.05, 0) is 6.92 Å². The summed E-state index contributed by atoms with van der Waals surface area (Å²) in [5, 5.41) is 9.54. The number of aromatic nitrogens is 3.